The monoisotopic (exact) mass is 404 g/mol. The molecule has 29 heavy (non-hydrogen) atoms. The van der Waals surface area contributed by atoms with E-state index in [1.807, 2.05) is 24.3 Å². The summed E-state index contributed by atoms with van der Waals surface area (Å²) in [5.41, 5.74) is 2.94. The minimum atomic E-state index is -0.358. The molecule has 144 valence electrons. The Morgan fingerprint density at radius 1 is 0.862 bits per heavy atom. The number of nitrogens with one attached hydrogen (secondary N) is 2. The highest BCUT2D eigenvalue weighted by Gasteiger charge is 2.14. The number of rotatable bonds is 6. The van der Waals surface area contributed by atoms with Gasteiger partial charge in [0.2, 0.25) is 0 Å². The van der Waals surface area contributed by atoms with E-state index in [2.05, 4.69) is 19.4 Å². The summed E-state index contributed by atoms with van der Waals surface area (Å²) in [5, 5.41) is 5.58. The number of carbonyl (C=O) groups excluding carboxylic acids is 2. The summed E-state index contributed by atoms with van der Waals surface area (Å²) < 4.78 is 14.0. The number of fused-ring (bicyclic) bond motifs is 1. The molecular weight excluding hydrogens is 388 g/mol. The average molecular weight is 404 g/mol. The highest BCUT2D eigenvalue weighted by atomic mass is 32.1. The third-order valence-corrected chi connectivity index (χ3v) is 4.62. The third-order valence-electron chi connectivity index (χ3n) is 4.08. The molecule has 7 nitrogen and oxygen atoms in total. The molecule has 0 aliphatic heterocycles. The second-order valence-corrected chi connectivity index (χ2v) is 6.62. The number of hydrogen-bond donors (Lipinski definition) is 2. The molecule has 3 aromatic carbocycles. The molecule has 0 saturated heterocycles. The van der Waals surface area contributed by atoms with Crippen LogP contribution < -0.4 is 15.4 Å². The van der Waals surface area contributed by atoms with Crippen LogP contribution in [0.3, 0.4) is 0 Å². The van der Waals surface area contributed by atoms with E-state index in [9.17, 15) is 9.59 Å². The van der Waals surface area contributed by atoms with Gasteiger partial charge in [-0.05, 0) is 36.4 Å². The first kappa shape index (κ1) is 18.6. The molecule has 0 aliphatic carbocycles. The maximum absolute atomic E-state index is 12.6. The second-order valence-electron chi connectivity index (χ2n) is 6.09. The molecule has 4 aromatic rings. The zero-order valence-electron chi connectivity index (χ0n) is 15.2. The van der Waals surface area contributed by atoms with Crippen LogP contribution in [0.15, 0.2) is 72.8 Å². The fourth-order valence-electron chi connectivity index (χ4n) is 2.74. The topological polar surface area (TPSA) is 93.2 Å². The van der Waals surface area contributed by atoms with Crippen molar-refractivity contribution in [3.05, 3.63) is 78.4 Å². The molecule has 0 unspecified atom stereocenters. The number of benzene rings is 3. The number of nitrogens with zero attached hydrogens (tertiary/aromatic N) is 2. The van der Waals surface area contributed by atoms with E-state index < -0.39 is 0 Å². The van der Waals surface area contributed by atoms with E-state index >= 15 is 0 Å². The van der Waals surface area contributed by atoms with Gasteiger partial charge in [0.05, 0.1) is 23.0 Å². The molecule has 0 atom stereocenters. The molecule has 1 heterocycles. The van der Waals surface area contributed by atoms with Crippen molar-refractivity contribution in [2.75, 3.05) is 17.2 Å². The lowest BCUT2D eigenvalue weighted by Gasteiger charge is -2.12. The Bertz CT molecular complexity index is 1160. The second kappa shape index (κ2) is 8.49. The first-order chi connectivity index (χ1) is 14.2. The fraction of sp³-hybridized carbons (Fsp3) is 0.0476. The molecule has 8 heteroatoms. The molecule has 0 saturated carbocycles. The number of ether oxygens (including phenoxy) is 1. The normalized spacial score (nSPS) is 10.5. The van der Waals surface area contributed by atoms with Crippen molar-refractivity contribution in [3.63, 3.8) is 0 Å². The minimum absolute atomic E-state index is 0.246. The SMILES string of the molecule is O=C(COc1ccccc1C(=O)Nc1ccccc1)Nc1cccc2nsnc12. The van der Waals surface area contributed by atoms with Crippen LogP contribution >= 0.6 is 11.7 Å². The van der Waals surface area contributed by atoms with Gasteiger partial charge >= 0.3 is 0 Å². The van der Waals surface area contributed by atoms with Crippen LogP contribution in [-0.4, -0.2) is 27.2 Å². The van der Waals surface area contributed by atoms with Crippen molar-refractivity contribution >= 4 is 46.0 Å². The van der Waals surface area contributed by atoms with Gasteiger partial charge in [0.15, 0.2) is 6.61 Å². The molecule has 0 aliphatic rings. The molecular formula is C21H16N4O3S. The lowest BCUT2D eigenvalue weighted by atomic mass is 10.2. The summed E-state index contributed by atoms with van der Waals surface area (Å²) in [7, 11) is 0. The number of amides is 2. The van der Waals surface area contributed by atoms with E-state index in [1.165, 1.54) is 0 Å². The zero-order chi connectivity index (χ0) is 20.1. The summed E-state index contributed by atoms with van der Waals surface area (Å²) in [6.45, 7) is -0.246. The van der Waals surface area contributed by atoms with Crippen molar-refractivity contribution in [1.29, 1.82) is 0 Å². The van der Waals surface area contributed by atoms with Gasteiger partial charge in [-0.15, -0.1) is 0 Å². The van der Waals surface area contributed by atoms with Gasteiger partial charge in [0, 0.05) is 5.69 Å². The number of carbonyl (C=O) groups is 2. The molecule has 4 rings (SSSR count). The van der Waals surface area contributed by atoms with E-state index in [-0.39, 0.29) is 18.4 Å². The fourth-order valence-corrected chi connectivity index (χ4v) is 3.29. The van der Waals surface area contributed by atoms with Crippen LogP contribution in [0, 0.1) is 0 Å². The lowest BCUT2D eigenvalue weighted by Crippen LogP contribution is -2.21. The van der Waals surface area contributed by atoms with Crippen LogP contribution in [0.5, 0.6) is 5.75 Å². The summed E-state index contributed by atoms with van der Waals surface area (Å²) in [6, 6.07) is 21.3. The summed E-state index contributed by atoms with van der Waals surface area (Å²) in [6.07, 6.45) is 0. The number of para-hydroxylation sites is 2. The summed E-state index contributed by atoms with van der Waals surface area (Å²) in [5.74, 6) is -0.348. The van der Waals surface area contributed by atoms with Gasteiger partial charge in [-0.2, -0.15) is 8.75 Å². The molecule has 0 spiro atoms. The molecule has 2 amide bonds. The van der Waals surface area contributed by atoms with Crippen LogP contribution in [0.25, 0.3) is 11.0 Å². The largest absolute Gasteiger partial charge is 0.483 e. The first-order valence-corrected chi connectivity index (χ1v) is 9.53. The predicted octanol–water partition coefficient (Wildman–Crippen LogP) is 3.96. The van der Waals surface area contributed by atoms with Crippen LogP contribution in [0.1, 0.15) is 10.4 Å². The van der Waals surface area contributed by atoms with Gasteiger partial charge in [-0.25, -0.2) is 0 Å². The van der Waals surface area contributed by atoms with Crippen LogP contribution in [-0.2, 0) is 4.79 Å². The van der Waals surface area contributed by atoms with E-state index in [0.29, 0.717) is 28.2 Å². The van der Waals surface area contributed by atoms with Gasteiger partial charge in [0.25, 0.3) is 11.8 Å². The zero-order valence-corrected chi connectivity index (χ0v) is 16.0. The van der Waals surface area contributed by atoms with Gasteiger partial charge in [0.1, 0.15) is 16.8 Å². The summed E-state index contributed by atoms with van der Waals surface area (Å²) in [4.78, 5) is 24.9. The highest BCUT2D eigenvalue weighted by Crippen LogP contribution is 2.22. The van der Waals surface area contributed by atoms with Crippen molar-refractivity contribution < 1.29 is 14.3 Å². The first-order valence-electron chi connectivity index (χ1n) is 8.80. The Morgan fingerprint density at radius 3 is 2.52 bits per heavy atom. The Balaban J connectivity index is 1.43. The maximum Gasteiger partial charge on any atom is 0.262 e. The summed E-state index contributed by atoms with van der Waals surface area (Å²) >= 11 is 1.08. The lowest BCUT2D eigenvalue weighted by molar-refractivity contribution is -0.118. The third kappa shape index (κ3) is 4.39. The highest BCUT2D eigenvalue weighted by molar-refractivity contribution is 7.00. The maximum atomic E-state index is 12.6. The Morgan fingerprint density at radius 2 is 1.66 bits per heavy atom. The number of aromatic nitrogens is 2. The van der Waals surface area contributed by atoms with E-state index in [0.717, 1.165) is 17.2 Å². The Kier molecular flexibility index (Phi) is 5.44. The minimum Gasteiger partial charge on any atom is -0.483 e. The van der Waals surface area contributed by atoms with Gasteiger partial charge in [-0.3, -0.25) is 9.59 Å². The molecule has 0 radical (unpaired) electrons. The van der Waals surface area contributed by atoms with Gasteiger partial charge in [-0.1, -0.05) is 36.4 Å². The van der Waals surface area contributed by atoms with Crippen molar-refractivity contribution in [2.45, 2.75) is 0 Å². The standard InChI is InChI=1S/C21H16N4O3S/c26-19(23-16-10-6-11-17-20(16)25-29-24-17)13-28-18-12-5-4-9-15(18)21(27)22-14-7-2-1-3-8-14/h1-12H,13H2,(H,22,27)(H,23,26). The quantitative estimate of drug-likeness (QED) is 0.507. The average Bonchev–Trinajstić information content (AvgIpc) is 3.23. The van der Waals surface area contributed by atoms with Crippen molar-refractivity contribution in [3.8, 4) is 5.75 Å². The van der Waals surface area contributed by atoms with Gasteiger partial charge < -0.3 is 15.4 Å². The van der Waals surface area contributed by atoms with Crippen molar-refractivity contribution in [1.82, 2.24) is 8.75 Å². The Labute approximate surface area is 170 Å². The molecule has 1 aromatic heterocycles. The number of anilines is 2. The van der Waals surface area contributed by atoms with Crippen molar-refractivity contribution in [2.24, 2.45) is 0 Å². The Hall–Kier alpha value is -3.78. The number of hydrogen-bond acceptors (Lipinski definition) is 6. The molecule has 0 fully saturated rings. The molecule has 2 N–H and O–H groups in total. The van der Waals surface area contributed by atoms with E-state index in [1.54, 1.807) is 48.5 Å². The smallest absolute Gasteiger partial charge is 0.262 e. The van der Waals surface area contributed by atoms with Crippen LogP contribution in [0.4, 0.5) is 11.4 Å². The van der Waals surface area contributed by atoms with E-state index in [4.69, 9.17) is 4.74 Å². The predicted molar refractivity (Wildman–Crippen MR) is 112 cm³/mol. The molecule has 0 bridgehead atoms. The van der Waals surface area contributed by atoms with Crippen LogP contribution in [0.2, 0.25) is 0 Å².